The van der Waals surface area contributed by atoms with Gasteiger partial charge in [-0.2, -0.15) is 3.97 Å². The molecule has 0 aliphatic carbocycles. The van der Waals surface area contributed by atoms with Crippen LogP contribution in [0.25, 0.3) is 0 Å². The molecule has 2 nitrogen and oxygen atoms in total. The van der Waals surface area contributed by atoms with Gasteiger partial charge in [-0.1, -0.05) is 0 Å². The highest BCUT2D eigenvalue weighted by atomic mass is 32.1. The molecule has 1 heterocycles. The van der Waals surface area contributed by atoms with Gasteiger partial charge in [0.1, 0.15) is 12.4 Å². The Balaban J connectivity index is 3.19. The van der Waals surface area contributed by atoms with Gasteiger partial charge in [0.25, 0.3) is 5.82 Å². The summed E-state index contributed by atoms with van der Waals surface area (Å²) in [4.78, 5) is 0. The van der Waals surface area contributed by atoms with Gasteiger partial charge in [-0.25, -0.2) is 4.57 Å². The maximum absolute atomic E-state index is 4.11. The largest absolute Gasteiger partial charge is 0.264 e. The number of hydrogen-bond donors (Lipinski definition) is 1. The topological polar surface area (TPSA) is 8.81 Å². The van der Waals surface area contributed by atoms with E-state index >= 15 is 0 Å². The Hall–Kier alpha value is -0.440. The third-order valence-corrected chi connectivity index (χ3v) is 1.70. The van der Waals surface area contributed by atoms with Crippen molar-refractivity contribution >= 4 is 12.8 Å². The maximum Gasteiger partial charge on any atom is 0.264 e. The molecule has 8 heavy (non-hydrogen) atoms. The lowest BCUT2D eigenvalue weighted by atomic mass is 10.7. The number of aryl methyl sites for hydroxylation is 1. The third kappa shape index (κ3) is 0.733. The van der Waals surface area contributed by atoms with Gasteiger partial charge in [-0.15, -0.1) is 0 Å². The van der Waals surface area contributed by atoms with E-state index in [-0.39, 0.29) is 0 Å². The second kappa shape index (κ2) is 1.82. The first-order valence-corrected chi connectivity index (χ1v) is 2.84. The van der Waals surface area contributed by atoms with E-state index < -0.39 is 0 Å². The molecule has 0 radical (unpaired) electrons. The molecule has 0 saturated heterocycles. The fourth-order valence-corrected chi connectivity index (χ4v) is 0.741. The molecule has 1 aromatic rings. The lowest BCUT2D eigenvalue weighted by Crippen LogP contribution is -2.28. The fourth-order valence-electron chi connectivity index (χ4n) is 0.540. The van der Waals surface area contributed by atoms with Gasteiger partial charge in [-0.05, 0) is 0 Å². The molecule has 3 heteroatoms. The van der Waals surface area contributed by atoms with Gasteiger partial charge in [-0.3, -0.25) is 0 Å². The zero-order valence-electron chi connectivity index (χ0n) is 5.00. The molecule has 1 aromatic heterocycles. The molecule has 1 rings (SSSR count). The second-order valence-electron chi connectivity index (χ2n) is 1.80. The first-order valence-electron chi connectivity index (χ1n) is 2.44. The van der Waals surface area contributed by atoms with Crippen LogP contribution in [-0.2, 0) is 7.05 Å². The Morgan fingerprint density at radius 3 is 2.50 bits per heavy atom. The first kappa shape index (κ1) is 5.69. The standard InChI is InChI=1S/C5H9N2S/c1-5-6(2)3-4-7(5)8/h3-4,8H,1-2H3/q+1. The highest BCUT2D eigenvalue weighted by Gasteiger charge is 2.02. The Morgan fingerprint density at radius 2 is 2.38 bits per heavy atom. The molecule has 44 valence electrons. The Morgan fingerprint density at radius 1 is 1.75 bits per heavy atom. The van der Waals surface area contributed by atoms with E-state index in [1.165, 1.54) is 0 Å². The third-order valence-electron chi connectivity index (χ3n) is 1.27. The summed E-state index contributed by atoms with van der Waals surface area (Å²) in [7, 11) is 1.99. The number of imidazole rings is 1. The van der Waals surface area contributed by atoms with E-state index in [1.54, 1.807) is 3.97 Å². The Kier molecular flexibility index (Phi) is 1.29. The van der Waals surface area contributed by atoms with Crippen molar-refractivity contribution in [2.24, 2.45) is 7.05 Å². The summed E-state index contributed by atoms with van der Waals surface area (Å²) in [5.74, 6) is 1.13. The van der Waals surface area contributed by atoms with E-state index in [2.05, 4.69) is 12.8 Å². The lowest BCUT2D eigenvalue weighted by Gasteiger charge is -1.83. The van der Waals surface area contributed by atoms with E-state index in [0.717, 1.165) is 5.82 Å². The molecule has 0 amide bonds. The summed E-state index contributed by atoms with van der Waals surface area (Å²) >= 11 is 4.11. The van der Waals surface area contributed by atoms with Crippen molar-refractivity contribution < 1.29 is 4.57 Å². The van der Waals surface area contributed by atoms with Crippen LogP contribution in [0, 0.1) is 6.92 Å². The predicted octanol–water partition coefficient (Wildman–Crippen LogP) is 0.314. The van der Waals surface area contributed by atoms with Gasteiger partial charge >= 0.3 is 0 Å². The summed E-state index contributed by atoms with van der Waals surface area (Å²) in [5, 5.41) is 0. The number of nitrogens with zero attached hydrogens (tertiary/aromatic N) is 2. The summed E-state index contributed by atoms with van der Waals surface area (Å²) in [6, 6.07) is 0. The number of hydrogen-bond acceptors (Lipinski definition) is 1. The van der Waals surface area contributed by atoms with Gasteiger partial charge < -0.3 is 0 Å². The first-order chi connectivity index (χ1) is 3.72. The summed E-state index contributed by atoms with van der Waals surface area (Å²) < 4.78 is 3.78. The summed E-state index contributed by atoms with van der Waals surface area (Å²) in [6.07, 6.45) is 3.86. The fraction of sp³-hybridized carbons (Fsp3) is 0.400. The smallest absolute Gasteiger partial charge is 0.236 e. The van der Waals surface area contributed by atoms with Crippen LogP contribution < -0.4 is 4.57 Å². The minimum atomic E-state index is 1.13. The molecule has 0 aliphatic heterocycles. The number of aromatic nitrogens is 2. The van der Waals surface area contributed by atoms with Crippen molar-refractivity contribution in [2.75, 3.05) is 0 Å². The zero-order valence-corrected chi connectivity index (χ0v) is 5.89. The Bertz CT molecular complexity index is 173. The van der Waals surface area contributed by atoms with Crippen molar-refractivity contribution in [3.63, 3.8) is 0 Å². The molecule has 0 N–H and O–H groups in total. The minimum absolute atomic E-state index is 1.13. The van der Waals surface area contributed by atoms with Crippen LogP contribution >= 0.6 is 12.8 Å². The Labute approximate surface area is 54.3 Å². The van der Waals surface area contributed by atoms with Crippen molar-refractivity contribution in [2.45, 2.75) is 6.92 Å². The summed E-state index contributed by atoms with van der Waals surface area (Å²) in [6.45, 7) is 2.01. The minimum Gasteiger partial charge on any atom is -0.236 e. The molecular weight excluding hydrogens is 120 g/mol. The van der Waals surface area contributed by atoms with E-state index in [1.807, 2.05) is 30.9 Å². The van der Waals surface area contributed by atoms with Crippen LogP contribution in [0.1, 0.15) is 5.82 Å². The molecule has 0 aromatic carbocycles. The second-order valence-corrected chi connectivity index (χ2v) is 2.23. The van der Waals surface area contributed by atoms with E-state index in [4.69, 9.17) is 0 Å². The molecule has 0 aliphatic rings. The normalized spacial score (nSPS) is 9.88. The van der Waals surface area contributed by atoms with Gasteiger partial charge in [0.15, 0.2) is 0 Å². The van der Waals surface area contributed by atoms with Crippen LogP contribution in [-0.4, -0.2) is 3.97 Å². The quantitative estimate of drug-likeness (QED) is 0.381. The van der Waals surface area contributed by atoms with Crippen molar-refractivity contribution in [1.82, 2.24) is 3.97 Å². The molecule has 0 bridgehead atoms. The average molecular weight is 129 g/mol. The van der Waals surface area contributed by atoms with Crippen molar-refractivity contribution in [3.05, 3.63) is 18.2 Å². The highest BCUT2D eigenvalue weighted by molar-refractivity contribution is 7.78. The predicted molar refractivity (Wildman–Crippen MR) is 34.7 cm³/mol. The monoisotopic (exact) mass is 129 g/mol. The van der Waals surface area contributed by atoms with Crippen molar-refractivity contribution in [3.8, 4) is 0 Å². The van der Waals surface area contributed by atoms with Crippen LogP contribution in [0.4, 0.5) is 0 Å². The molecule has 0 atom stereocenters. The van der Waals surface area contributed by atoms with Gasteiger partial charge in [0.05, 0.1) is 7.05 Å². The zero-order chi connectivity index (χ0) is 6.15. The van der Waals surface area contributed by atoms with Gasteiger partial charge in [0, 0.05) is 19.7 Å². The molecule has 0 unspecified atom stereocenters. The number of thiol groups is 1. The SMILES string of the molecule is Cc1n(S)cc[n+]1C. The maximum atomic E-state index is 4.11. The van der Waals surface area contributed by atoms with Crippen LogP contribution in [0.3, 0.4) is 0 Å². The van der Waals surface area contributed by atoms with Crippen molar-refractivity contribution in [1.29, 1.82) is 0 Å². The molecule has 0 saturated carbocycles. The molecule has 0 spiro atoms. The lowest BCUT2D eigenvalue weighted by molar-refractivity contribution is -0.676. The van der Waals surface area contributed by atoms with Crippen LogP contribution in [0.5, 0.6) is 0 Å². The van der Waals surface area contributed by atoms with Crippen LogP contribution in [0.2, 0.25) is 0 Å². The van der Waals surface area contributed by atoms with E-state index in [9.17, 15) is 0 Å². The van der Waals surface area contributed by atoms with Crippen LogP contribution in [0.15, 0.2) is 12.4 Å². The van der Waals surface area contributed by atoms with E-state index in [0.29, 0.717) is 0 Å². The average Bonchev–Trinajstić information content (AvgIpc) is 1.98. The molecular formula is C5H9N2S+. The highest BCUT2D eigenvalue weighted by Crippen LogP contribution is 1.91. The van der Waals surface area contributed by atoms with Gasteiger partial charge in [0.2, 0.25) is 0 Å². The molecule has 0 fully saturated rings. The number of rotatable bonds is 0. The summed E-state index contributed by atoms with van der Waals surface area (Å²) in [5.41, 5.74) is 0.